The van der Waals surface area contributed by atoms with Crippen molar-refractivity contribution in [2.24, 2.45) is 5.73 Å². The maximum Gasteiger partial charge on any atom is 0.257 e. The number of nitrogens with zero attached hydrogens (tertiary/aromatic N) is 5. The lowest BCUT2D eigenvalue weighted by atomic mass is 10.00. The number of aromatic nitrogens is 5. The van der Waals surface area contributed by atoms with E-state index in [1.54, 1.807) is 34.7 Å². The van der Waals surface area contributed by atoms with E-state index in [1.807, 2.05) is 25.1 Å². The number of carbonyl (C=O) groups is 1. The van der Waals surface area contributed by atoms with Crippen molar-refractivity contribution in [1.82, 2.24) is 24.3 Å². The summed E-state index contributed by atoms with van der Waals surface area (Å²) < 4.78 is 23.3. The van der Waals surface area contributed by atoms with Gasteiger partial charge >= 0.3 is 0 Å². The number of benzene rings is 2. The molecule has 1 amide bonds. The van der Waals surface area contributed by atoms with Crippen LogP contribution in [-0.2, 0) is 24.2 Å². The first kappa shape index (κ1) is 27.6. The quantitative estimate of drug-likeness (QED) is 0.221. The fourth-order valence-corrected chi connectivity index (χ4v) is 6.23. The number of thiazole rings is 1. The third-order valence-corrected chi connectivity index (χ3v) is 8.44. The second kappa shape index (κ2) is 11.4. The third-order valence-electron chi connectivity index (χ3n) is 7.06. The highest BCUT2D eigenvalue weighted by atomic mass is 35.5. The Morgan fingerprint density at radius 3 is 2.93 bits per heavy atom. The number of nitrogens with one attached hydrogen (secondary N) is 1. The van der Waals surface area contributed by atoms with E-state index in [4.69, 9.17) is 38.8 Å². The molecule has 2 aromatic carbocycles. The van der Waals surface area contributed by atoms with Crippen LogP contribution in [0.3, 0.4) is 0 Å². The number of hydrogen-bond acceptors (Lipinski definition) is 7. The Bertz CT molecular complexity index is 1740. The summed E-state index contributed by atoms with van der Waals surface area (Å²) in [5.74, 6) is 0.358. The average molecular weight is 615 g/mol. The zero-order chi connectivity index (χ0) is 28.7. The van der Waals surface area contributed by atoms with Crippen LogP contribution in [0.5, 0.6) is 5.75 Å². The fraction of sp³-hybridized carbons (Fsp3) is 0.286. The van der Waals surface area contributed by atoms with Crippen molar-refractivity contribution in [1.29, 1.82) is 0 Å². The minimum atomic E-state index is -1.04. The maximum absolute atomic E-state index is 14.3. The fourth-order valence-electron chi connectivity index (χ4n) is 5.15. The molecule has 0 spiro atoms. The van der Waals surface area contributed by atoms with Crippen molar-refractivity contribution < 1.29 is 13.9 Å². The van der Waals surface area contributed by atoms with Gasteiger partial charge in [-0.2, -0.15) is 5.10 Å². The number of aryl methyl sites for hydroxylation is 1. The van der Waals surface area contributed by atoms with Crippen LogP contribution in [0.1, 0.15) is 29.9 Å². The van der Waals surface area contributed by atoms with E-state index < -0.39 is 18.1 Å². The van der Waals surface area contributed by atoms with Crippen LogP contribution >= 0.6 is 34.5 Å². The SMILES string of the molecule is CCc1cc(-c2cc(Cl)c3cn(C(C(=O)Nc4nccs4)c4ncn5c4C[C@@H](F)C5)nc3c2Cl)ccc1OCCN. The van der Waals surface area contributed by atoms with Crippen molar-refractivity contribution >= 4 is 56.5 Å². The Labute approximate surface area is 249 Å². The molecule has 1 aliphatic heterocycles. The highest BCUT2D eigenvalue weighted by Gasteiger charge is 2.34. The van der Waals surface area contributed by atoms with E-state index in [2.05, 4.69) is 15.3 Å². The average Bonchev–Trinajstić information content (AvgIpc) is 3.76. The van der Waals surface area contributed by atoms with Gasteiger partial charge in [-0.25, -0.2) is 14.4 Å². The molecule has 0 radical (unpaired) electrons. The van der Waals surface area contributed by atoms with Crippen LogP contribution in [0, 0.1) is 0 Å². The van der Waals surface area contributed by atoms with Crippen molar-refractivity contribution in [2.45, 2.75) is 38.5 Å². The summed E-state index contributed by atoms with van der Waals surface area (Å²) in [5.41, 5.74) is 9.66. The van der Waals surface area contributed by atoms with Crippen LogP contribution in [0.2, 0.25) is 10.0 Å². The monoisotopic (exact) mass is 613 g/mol. The number of rotatable bonds is 9. The van der Waals surface area contributed by atoms with E-state index in [-0.39, 0.29) is 13.0 Å². The smallest absolute Gasteiger partial charge is 0.257 e. The summed E-state index contributed by atoms with van der Waals surface area (Å²) >= 11 is 15.0. The van der Waals surface area contributed by atoms with Gasteiger partial charge in [0.05, 0.1) is 28.6 Å². The van der Waals surface area contributed by atoms with Gasteiger partial charge in [-0.1, -0.05) is 36.2 Å². The van der Waals surface area contributed by atoms with E-state index in [1.165, 1.54) is 16.0 Å². The van der Waals surface area contributed by atoms with Crippen LogP contribution in [0.4, 0.5) is 9.52 Å². The molecule has 0 fully saturated rings. The number of anilines is 1. The standard InChI is InChI=1S/C28H26Cl2FN7O2S/c1-2-15-9-16(3-4-22(15)40-7-5-32)18-11-20(29)19-13-38(36-24(19)23(18)30)26(27(39)35-28-33-6-8-41-28)25-21-10-17(31)12-37(21)14-34-25/h3-4,6,8-9,11,13-14,17,26H,2,5,7,10,12,32H2,1H3,(H,33,35,39)/t17-,26?/m1/s1. The van der Waals surface area contributed by atoms with E-state index in [9.17, 15) is 9.18 Å². The summed E-state index contributed by atoms with van der Waals surface area (Å²) in [7, 11) is 0. The lowest BCUT2D eigenvalue weighted by molar-refractivity contribution is -0.118. The Balaban J connectivity index is 1.44. The molecule has 0 saturated heterocycles. The minimum absolute atomic E-state index is 0.160. The van der Waals surface area contributed by atoms with Gasteiger partial charge in [0, 0.05) is 47.4 Å². The Morgan fingerprint density at radius 2 is 2.17 bits per heavy atom. The van der Waals surface area contributed by atoms with Gasteiger partial charge in [-0.3, -0.25) is 14.8 Å². The molecule has 3 aromatic heterocycles. The largest absolute Gasteiger partial charge is 0.492 e. The molecule has 41 heavy (non-hydrogen) atoms. The number of carbonyl (C=O) groups excluding carboxylic acids is 1. The van der Waals surface area contributed by atoms with Crippen LogP contribution < -0.4 is 15.8 Å². The maximum atomic E-state index is 14.3. The molecule has 0 bridgehead atoms. The first-order valence-electron chi connectivity index (χ1n) is 13.1. The Morgan fingerprint density at radius 1 is 1.32 bits per heavy atom. The van der Waals surface area contributed by atoms with Crippen molar-refractivity contribution in [3.8, 4) is 16.9 Å². The molecule has 1 unspecified atom stereocenters. The molecule has 9 nitrogen and oxygen atoms in total. The van der Waals surface area contributed by atoms with Gasteiger partial charge in [-0.15, -0.1) is 11.3 Å². The summed E-state index contributed by atoms with van der Waals surface area (Å²) in [6.45, 7) is 3.08. The van der Waals surface area contributed by atoms with Crippen molar-refractivity contribution in [3.63, 3.8) is 0 Å². The van der Waals surface area contributed by atoms with Crippen LogP contribution in [0.15, 0.2) is 48.4 Å². The topological polar surface area (TPSA) is 113 Å². The molecule has 0 aliphatic carbocycles. The first-order chi connectivity index (χ1) is 19.9. The number of alkyl halides is 1. The first-order valence-corrected chi connectivity index (χ1v) is 14.7. The number of nitrogens with two attached hydrogens (primary N) is 1. The van der Waals surface area contributed by atoms with Crippen LogP contribution in [-0.4, -0.2) is 49.5 Å². The summed E-state index contributed by atoms with van der Waals surface area (Å²) in [6, 6.07) is 6.61. The molecule has 1 aliphatic rings. The Kier molecular flexibility index (Phi) is 7.69. The molecule has 4 heterocycles. The predicted molar refractivity (Wildman–Crippen MR) is 159 cm³/mol. The number of hydrogen-bond donors (Lipinski definition) is 2. The third kappa shape index (κ3) is 5.19. The molecule has 2 atom stereocenters. The summed E-state index contributed by atoms with van der Waals surface area (Å²) in [4.78, 5) is 22.3. The van der Waals surface area contributed by atoms with Gasteiger partial charge in [0.2, 0.25) is 0 Å². The number of halogens is 3. The zero-order valence-corrected chi connectivity index (χ0v) is 24.3. The second-order valence-electron chi connectivity index (χ2n) is 9.66. The molecular formula is C28H26Cl2FN7O2S. The van der Waals surface area contributed by atoms with E-state index >= 15 is 0 Å². The predicted octanol–water partition coefficient (Wildman–Crippen LogP) is 5.69. The van der Waals surface area contributed by atoms with Gasteiger partial charge in [-0.05, 0) is 35.7 Å². The number of fused-ring (bicyclic) bond motifs is 2. The molecule has 3 N–H and O–H groups in total. The zero-order valence-electron chi connectivity index (χ0n) is 22.0. The highest BCUT2D eigenvalue weighted by molar-refractivity contribution is 7.13. The Hall–Kier alpha value is -3.51. The molecule has 0 saturated carbocycles. The van der Waals surface area contributed by atoms with Crippen molar-refractivity contribution in [2.75, 3.05) is 18.5 Å². The number of amides is 1. The van der Waals surface area contributed by atoms with Gasteiger partial charge < -0.3 is 15.0 Å². The normalized spacial score (nSPS) is 15.3. The van der Waals surface area contributed by atoms with Gasteiger partial charge in [0.25, 0.3) is 5.91 Å². The number of imidazole rings is 1. The summed E-state index contributed by atoms with van der Waals surface area (Å²) in [6.07, 6.45) is 4.70. The van der Waals surface area contributed by atoms with Crippen LogP contribution in [0.25, 0.3) is 22.0 Å². The molecule has 212 valence electrons. The van der Waals surface area contributed by atoms with Gasteiger partial charge in [0.1, 0.15) is 24.0 Å². The lowest BCUT2D eigenvalue weighted by Gasteiger charge is -2.16. The highest BCUT2D eigenvalue weighted by Crippen LogP contribution is 2.40. The van der Waals surface area contributed by atoms with Gasteiger partial charge in [0.15, 0.2) is 11.2 Å². The van der Waals surface area contributed by atoms with E-state index in [0.717, 1.165) is 23.3 Å². The number of ether oxygens (including phenoxy) is 1. The second-order valence-corrected chi connectivity index (χ2v) is 11.3. The molecule has 13 heteroatoms. The van der Waals surface area contributed by atoms with Crippen molar-refractivity contribution in [3.05, 3.63) is 75.4 Å². The molecular weight excluding hydrogens is 588 g/mol. The minimum Gasteiger partial charge on any atom is -0.492 e. The lowest BCUT2D eigenvalue weighted by Crippen LogP contribution is -2.28. The summed E-state index contributed by atoms with van der Waals surface area (Å²) in [5, 5.41) is 11.2. The molecule has 6 rings (SSSR count). The van der Waals surface area contributed by atoms with E-state index in [0.29, 0.717) is 56.2 Å². The molecule has 5 aromatic rings.